The lowest BCUT2D eigenvalue weighted by Gasteiger charge is -2.48. The highest BCUT2D eigenvalue weighted by Crippen LogP contribution is 2.40. The third-order valence-electron chi connectivity index (χ3n) is 5.19. The molecule has 2 aromatic rings. The highest BCUT2D eigenvalue weighted by Gasteiger charge is 2.54. The van der Waals surface area contributed by atoms with Crippen molar-refractivity contribution in [3.05, 3.63) is 77.2 Å². The molecule has 8 nitrogen and oxygen atoms in total. The molecule has 2 amide bonds. The Kier molecular flexibility index (Phi) is 6.36. The second-order valence-electron chi connectivity index (χ2n) is 7.34. The largest absolute Gasteiger partial charge is 0.509 e. The van der Waals surface area contributed by atoms with Crippen molar-refractivity contribution in [1.29, 1.82) is 0 Å². The number of thioether (sulfide) groups is 1. The standard InChI is InChI=1S/C23H22N2O6S/c1-30-16-9-7-15(8-10-16)12-31-23(29)20-17(26)13-32-22-19(21(28)25(20)22)24-18(27)11-14-5-3-2-4-6-14/h2-10,19,22,26H,11-13H2,1H3,(H,24,27)/t19?,22-/m0/s1. The van der Waals surface area contributed by atoms with Crippen LogP contribution in [0.15, 0.2) is 66.1 Å². The van der Waals surface area contributed by atoms with E-state index in [0.29, 0.717) is 5.75 Å². The molecule has 2 aromatic carbocycles. The third kappa shape index (κ3) is 4.43. The van der Waals surface area contributed by atoms with Gasteiger partial charge in [0.15, 0.2) is 5.70 Å². The van der Waals surface area contributed by atoms with Gasteiger partial charge >= 0.3 is 5.97 Å². The zero-order valence-corrected chi connectivity index (χ0v) is 18.1. The summed E-state index contributed by atoms with van der Waals surface area (Å²) in [6.07, 6.45) is 0.153. The van der Waals surface area contributed by atoms with Crippen molar-refractivity contribution in [2.24, 2.45) is 0 Å². The molecule has 9 heteroatoms. The number of β-lactam (4-membered cyclic amide) rings is 1. The Morgan fingerprint density at radius 2 is 1.84 bits per heavy atom. The third-order valence-corrected chi connectivity index (χ3v) is 6.46. The summed E-state index contributed by atoms with van der Waals surface area (Å²) in [6, 6.07) is 15.5. The molecule has 1 saturated heterocycles. The molecule has 0 bridgehead atoms. The average molecular weight is 455 g/mol. The molecule has 0 radical (unpaired) electrons. The first-order valence-electron chi connectivity index (χ1n) is 9.98. The van der Waals surface area contributed by atoms with Gasteiger partial charge in [-0.05, 0) is 23.3 Å². The number of rotatable bonds is 7. The van der Waals surface area contributed by atoms with Gasteiger partial charge < -0.3 is 19.9 Å². The van der Waals surface area contributed by atoms with Gasteiger partial charge in [0.1, 0.15) is 29.5 Å². The normalized spacial score (nSPS) is 19.7. The first-order chi connectivity index (χ1) is 15.5. The predicted octanol–water partition coefficient (Wildman–Crippen LogP) is 2.15. The van der Waals surface area contributed by atoms with Crippen molar-refractivity contribution >= 4 is 29.5 Å². The number of carbonyl (C=O) groups is 3. The lowest BCUT2D eigenvalue weighted by molar-refractivity contribution is -0.153. The molecule has 166 valence electrons. The van der Waals surface area contributed by atoms with Crippen LogP contribution in [0.3, 0.4) is 0 Å². The fourth-order valence-electron chi connectivity index (χ4n) is 3.54. The Balaban J connectivity index is 1.37. The van der Waals surface area contributed by atoms with Crippen LogP contribution in [0.5, 0.6) is 5.75 Å². The number of nitrogens with zero attached hydrogens (tertiary/aromatic N) is 1. The number of benzene rings is 2. The van der Waals surface area contributed by atoms with Gasteiger partial charge in [0.25, 0.3) is 5.91 Å². The maximum Gasteiger partial charge on any atom is 0.358 e. The van der Waals surface area contributed by atoms with E-state index in [9.17, 15) is 19.5 Å². The van der Waals surface area contributed by atoms with Crippen molar-refractivity contribution in [3.8, 4) is 5.75 Å². The summed E-state index contributed by atoms with van der Waals surface area (Å²) in [6.45, 7) is -0.0172. The van der Waals surface area contributed by atoms with E-state index in [4.69, 9.17) is 9.47 Å². The second-order valence-corrected chi connectivity index (χ2v) is 8.44. The average Bonchev–Trinajstić information content (AvgIpc) is 2.81. The van der Waals surface area contributed by atoms with Crippen LogP contribution in [-0.2, 0) is 32.1 Å². The monoisotopic (exact) mass is 454 g/mol. The lowest BCUT2D eigenvalue weighted by Crippen LogP contribution is -2.70. The summed E-state index contributed by atoms with van der Waals surface area (Å²) in [4.78, 5) is 38.9. The number of amides is 2. The molecule has 2 aliphatic heterocycles. The van der Waals surface area contributed by atoms with Crippen molar-refractivity contribution < 1.29 is 29.0 Å². The fourth-order valence-corrected chi connectivity index (χ4v) is 4.74. The van der Waals surface area contributed by atoms with Crippen LogP contribution in [0.2, 0.25) is 0 Å². The molecule has 0 aromatic heterocycles. The van der Waals surface area contributed by atoms with Crippen LogP contribution in [0.1, 0.15) is 11.1 Å². The van der Waals surface area contributed by atoms with Crippen molar-refractivity contribution in [1.82, 2.24) is 10.2 Å². The first kappa shape index (κ1) is 21.8. The Morgan fingerprint density at radius 3 is 2.53 bits per heavy atom. The lowest BCUT2D eigenvalue weighted by atomic mass is 10.0. The zero-order valence-electron chi connectivity index (χ0n) is 17.3. The second kappa shape index (κ2) is 9.35. The topological polar surface area (TPSA) is 105 Å². The molecular weight excluding hydrogens is 432 g/mol. The van der Waals surface area contributed by atoms with Crippen molar-refractivity contribution in [2.75, 3.05) is 12.9 Å². The molecule has 2 heterocycles. The van der Waals surface area contributed by atoms with Crippen LogP contribution < -0.4 is 10.1 Å². The molecule has 0 saturated carbocycles. The van der Waals surface area contributed by atoms with Crippen LogP contribution in [-0.4, -0.2) is 52.1 Å². The van der Waals surface area contributed by atoms with Crippen molar-refractivity contribution in [2.45, 2.75) is 24.4 Å². The van der Waals surface area contributed by atoms with E-state index in [2.05, 4.69) is 5.32 Å². The number of aliphatic hydroxyl groups excluding tert-OH is 1. The summed E-state index contributed by atoms with van der Waals surface area (Å²) in [7, 11) is 1.56. The summed E-state index contributed by atoms with van der Waals surface area (Å²) in [5.41, 5.74) is 1.41. The highest BCUT2D eigenvalue weighted by molar-refractivity contribution is 8.00. The minimum Gasteiger partial charge on any atom is -0.509 e. The number of carbonyl (C=O) groups excluding carboxylic acids is 3. The molecule has 1 unspecified atom stereocenters. The molecule has 2 atom stereocenters. The predicted molar refractivity (Wildman–Crippen MR) is 118 cm³/mol. The Labute approximate surface area is 189 Å². The van der Waals surface area contributed by atoms with E-state index in [1.807, 2.05) is 30.3 Å². The Morgan fingerprint density at radius 1 is 1.12 bits per heavy atom. The molecule has 1 fully saturated rings. The smallest absolute Gasteiger partial charge is 0.358 e. The summed E-state index contributed by atoms with van der Waals surface area (Å²) < 4.78 is 10.4. The number of nitrogens with one attached hydrogen (secondary N) is 1. The molecule has 0 spiro atoms. The minimum atomic E-state index is -0.786. The van der Waals surface area contributed by atoms with E-state index >= 15 is 0 Å². The number of hydrogen-bond donors (Lipinski definition) is 2. The van der Waals surface area contributed by atoms with Gasteiger partial charge in [0.05, 0.1) is 19.3 Å². The number of fused-ring (bicyclic) bond motifs is 1. The van der Waals surface area contributed by atoms with Crippen LogP contribution >= 0.6 is 11.8 Å². The van der Waals surface area contributed by atoms with Gasteiger partial charge in [-0.15, -0.1) is 11.8 Å². The van der Waals surface area contributed by atoms with Gasteiger partial charge in [-0.2, -0.15) is 0 Å². The molecule has 4 rings (SSSR count). The summed E-state index contributed by atoms with van der Waals surface area (Å²) in [5, 5.41) is 12.5. The molecule has 2 N–H and O–H groups in total. The van der Waals surface area contributed by atoms with Crippen LogP contribution in [0.25, 0.3) is 0 Å². The first-order valence-corrected chi connectivity index (χ1v) is 11.0. The number of hydrogen-bond acceptors (Lipinski definition) is 7. The van der Waals surface area contributed by atoms with Gasteiger partial charge in [-0.25, -0.2) is 4.79 Å². The Hall–Kier alpha value is -3.46. The van der Waals surface area contributed by atoms with E-state index in [1.165, 1.54) is 16.7 Å². The summed E-state index contributed by atoms with van der Waals surface area (Å²) in [5.74, 6) is -0.908. The van der Waals surface area contributed by atoms with Gasteiger partial charge in [0.2, 0.25) is 5.91 Å². The van der Waals surface area contributed by atoms with E-state index in [-0.39, 0.29) is 36.1 Å². The molecule has 0 aliphatic carbocycles. The van der Waals surface area contributed by atoms with Gasteiger partial charge in [-0.3, -0.25) is 14.5 Å². The van der Waals surface area contributed by atoms with E-state index in [1.54, 1.807) is 31.4 Å². The fraction of sp³-hybridized carbons (Fsp3) is 0.261. The maximum absolute atomic E-state index is 12.7. The minimum absolute atomic E-state index is 0.0172. The quantitative estimate of drug-likeness (QED) is 0.488. The molecular formula is C23H22N2O6S. The van der Waals surface area contributed by atoms with Crippen LogP contribution in [0.4, 0.5) is 0 Å². The zero-order chi connectivity index (χ0) is 22.7. The van der Waals surface area contributed by atoms with Gasteiger partial charge in [0, 0.05) is 0 Å². The number of aliphatic hydroxyl groups is 1. The maximum atomic E-state index is 12.7. The van der Waals surface area contributed by atoms with E-state index < -0.39 is 23.3 Å². The summed E-state index contributed by atoms with van der Waals surface area (Å²) >= 11 is 1.28. The highest BCUT2D eigenvalue weighted by atomic mass is 32.2. The van der Waals surface area contributed by atoms with Crippen LogP contribution in [0, 0.1) is 0 Å². The van der Waals surface area contributed by atoms with Gasteiger partial charge in [-0.1, -0.05) is 42.5 Å². The SMILES string of the molecule is COc1ccc(COC(=O)C2=C(O)CS[C@H]3C(NC(=O)Cc4ccccc4)C(=O)N23)cc1. The number of methoxy groups -OCH3 is 1. The molecule has 2 aliphatic rings. The number of esters is 1. The molecule has 32 heavy (non-hydrogen) atoms. The number of ether oxygens (including phenoxy) is 2. The Bertz CT molecular complexity index is 1050. The van der Waals surface area contributed by atoms with Crippen molar-refractivity contribution in [3.63, 3.8) is 0 Å². The van der Waals surface area contributed by atoms with E-state index in [0.717, 1.165) is 11.1 Å².